The predicted octanol–water partition coefficient (Wildman–Crippen LogP) is 3.52. The standard InChI is InChI=1S/C13H21NS/c1-3-10(2)14-9-12-8-11-6-4-5-7-13(11)15-12/h8,10,14H,3-7,9H2,1-2H3. The first-order valence-corrected chi connectivity index (χ1v) is 6.95. The molecule has 0 saturated heterocycles. The van der Waals surface area contributed by atoms with E-state index in [2.05, 4.69) is 25.2 Å². The Hall–Kier alpha value is -0.340. The Bertz CT molecular complexity index is 293. The number of thiophene rings is 1. The molecule has 1 aromatic heterocycles. The van der Waals surface area contributed by atoms with Gasteiger partial charge in [0.05, 0.1) is 0 Å². The summed E-state index contributed by atoms with van der Waals surface area (Å²) in [5.41, 5.74) is 1.63. The van der Waals surface area contributed by atoms with Gasteiger partial charge in [0.1, 0.15) is 0 Å². The third kappa shape index (κ3) is 2.82. The van der Waals surface area contributed by atoms with Gasteiger partial charge in [-0.25, -0.2) is 0 Å². The van der Waals surface area contributed by atoms with Crippen LogP contribution in [-0.4, -0.2) is 6.04 Å². The summed E-state index contributed by atoms with van der Waals surface area (Å²) in [5.74, 6) is 0. The molecule has 0 saturated carbocycles. The van der Waals surface area contributed by atoms with E-state index in [1.54, 1.807) is 10.4 Å². The molecule has 1 unspecified atom stereocenters. The largest absolute Gasteiger partial charge is 0.309 e. The molecule has 1 nitrogen and oxygen atoms in total. The van der Waals surface area contributed by atoms with Gasteiger partial charge in [0.15, 0.2) is 0 Å². The van der Waals surface area contributed by atoms with Crippen molar-refractivity contribution in [1.82, 2.24) is 5.32 Å². The SMILES string of the molecule is CCC(C)NCc1cc2c(s1)CCCC2. The van der Waals surface area contributed by atoms with Gasteiger partial charge in [0, 0.05) is 22.3 Å². The first kappa shape index (κ1) is 11.2. The second kappa shape index (κ2) is 5.13. The van der Waals surface area contributed by atoms with Crippen molar-refractivity contribution >= 4 is 11.3 Å². The second-order valence-electron chi connectivity index (χ2n) is 4.56. The fourth-order valence-corrected chi connectivity index (χ4v) is 3.27. The molecule has 0 fully saturated rings. The lowest BCUT2D eigenvalue weighted by molar-refractivity contribution is 0.537. The molecule has 1 aromatic rings. The summed E-state index contributed by atoms with van der Waals surface area (Å²) >= 11 is 2.03. The number of rotatable bonds is 4. The van der Waals surface area contributed by atoms with Crippen LogP contribution in [0.15, 0.2) is 6.07 Å². The molecule has 1 aliphatic carbocycles. The molecular weight excluding hydrogens is 202 g/mol. The highest BCUT2D eigenvalue weighted by molar-refractivity contribution is 7.12. The molecule has 0 aromatic carbocycles. The minimum Gasteiger partial charge on any atom is -0.309 e. The van der Waals surface area contributed by atoms with Gasteiger partial charge in [-0.3, -0.25) is 0 Å². The lowest BCUT2D eigenvalue weighted by atomic mass is 9.99. The van der Waals surface area contributed by atoms with Gasteiger partial charge in [-0.05, 0) is 50.7 Å². The average Bonchev–Trinajstić information content (AvgIpc) is 2.68. The average molecular weight is 223 g/mol. The molecule has 1 heterocycles. The fraction of sp³-hybridized carbons (Fsp3) is 0.692. The molecule has 1 N–H and O–H groups in total. The van der Waals surface area contributed by atoms with Crippen molar-refractivity contribution in [1.29, 1.82) is 0 Å². The molecule has 0 amide bonds. The molecule has 0 aliphatic heterocycles. The van der Waals surface area contributed by atoms with Crippen molar-refractivity contribution in [3.05, 3.63) is 21.4 Å². The molecular formula is C13H21NS. The summed E-state index contributed by atoms with van der Waals surface area (Å²) in [6.07, 6.45) is 6.64. The quantitative estimate of drug-likeness (QED) is 0.823. The van der Waals surface area contributed by atoms with E-state index in [0.717, 1.165) is 6.54 Å². The van der Waals surface area contributed by atoms with Crippen molar-refractivity contribution in [3.63, 3.8) is 0 Å². The molecule has 15 heavy (non-hydrogen) atoms. The predicted molar refractivity (Wildman–Crippen MR) is 67.6 cm³/mol. The Balaban J connectivity index is 1.94. The van der Waals surface area contributed by atoms with Gasteiger partial charge in [0.25, 0.3) is 0 Å². The molecule has 84 valence electrons. The lowest BCUT2D eigenvalue weighted by Crippen LogP contribution is -2.23. The third-order valence-electron chi connectivity index (χ3n) is 3.28. The van der Waals surface area contributed by atoms with Crippen LogP contribution < -0.4 is 5.32 Å². The molecule has 1 aliphatic rings. The van der Waals surface area contributed by atoms with Gasteiger partial charge in [0.2, 0.25) is 0 Å². The Labute approximate surface area is 96.9 Å². The van der Waals surface area contributed by atoms with Crippen LogP contribution in [0.1, 0.15) is 48.4 Å². The molecule has 1 atom stereocenters. The van der Waals surface area contributed by atoms with E-state index in [9.17, 15) is 0 Å². The number of fused-ring (bicyclic) bond motifs is 1. The summed E-state index contributed by atoms with van der Waals surface area (Å²) in [4.78, 5) is 3.18. The topological polar surface area (TPSA) is 12.0 Å². The number of hydrogen-bond acceptors (Lipinski definition) is 2. The van der Waals surface area contributed by atoms with Crippen LogP contribution in [0, 0.1) is 0 Å². The minimum absolute atomic E-state index is 0.643. The summed E-state index contributed by atoms with van der Waals surface area (Å²) < 4.78 is 0. The third-order valence-corrected chi connectivity index (χ3v) is 4.52. The van der Waals surface area contributed by atoms with E-state index in [1.165, 1.54) is 37.0 Å². The van der Waals surface area contributed by atoms with Gasteiger partial charge in [-0.1, -0.05) is 6.92 Å². The van der Waals surface area contributed by atoms with Gasteiger partial charge in [-0.15, -0.1) is 11.3 Å². The molecule has 0 radical (unpaired) electrons. The van der Waals surface area contributed by atoms with Crippen molar-refractivity contribution in [3.8, 4) is 0 Å². The van der Waals surface area contributed by atoms with Gasteiger partial charge in [-0.2, -0.15) is 0 Å². The summed E-state index contributed by atoms with van der Waals surface area (Å²) in [7, 11) is 0. The Kier molecular flexibility index (Phi) is 3.81. The van der Waals surface area contributed by atoms with Crippen LogP contribution in [-0.2, 0) is 19.4 Å². The summed E-state index contributed by atoms with van der Waals surface area (Å²) in [6.45, 7) is 5.55. The summed E-state index contributed by atoms with van der Waals surface area (Å²) in [5, 5.41) is 3.57. The van der Waals surface area contributed by atoms with E-state index in [1.807, 2.05) is 11.3 Å². The maximum atomic E-state index is 3.57. The molecule has 0 spiro atoms. The minimum atomic E-state index is 0.643. The van der Waals surface area contributed by atoms with Crippen LogP contribution in [0.3, 0.4) is 0 Å². The van der Waals surface area contributed by atoms with Gasteiger partial charge >= 0.3 is 0 Å². The number of aryl methyl sites for hydroxylation is 2. The van der Waals surface area contributed by atoms with Crippen molar-refractivity contribution < 1.29 is 0 Å². The monoisotopic (exact) mass is 223 g/mol. The molecule has 2 heteroatoms. The highest BCUT2D eigenvalue weighted by Gasteiger charge is 2.13. The van der Waals surface area contributed by atoms with Crippen LogP contribution in [0.2, 0.25) is 0 Å². The fourth-order valence-electron chi connectivity index (χ4n) is 2.06. The van der Waals surface area contributed by atoms with E-state index in [4.69, 9.17) is 0 Å². The lowest BCUT2D eigenvalue weighted by Gasteiger charge is -2.09. The Morgan fingerprint density at radius 2 is 2.20 bits per heavy atom. The first-order chi connectivity index (χ1) is 7.29. The zero-order valence-electron chi connectivity index (χ0n) is 9.81. The van der Waals surface area contributed by atoms with Crippen LogP contribution in [0.4, 0.5) is 0 Å². The summed E-state index contributed by atoms with van der Waals surface area (Å²) in [6, 6.07) is 3.07. The second-order valence-corrected chi connectivity index (χ2v) is 5.78. The van der Waals surface area contributed by atoms with Crippen molar-refractivity contribution in [2.45, 2.75) is 58.5 Å². The van der Waals surface area contributed by atoms with E-state index in [0.29, 0.717) is 6.04 Å². The van der Waals surface area contributed by atoms with Crippen LogP contribution in [0.5, 0.6) is 0 Å². The maximum absolute atomic E-state index is 3.57. The Morgan fingerprint density at radius 1 is 1.40 bits per heavy atom. The van der Waals surface area contributed by atoms with Crippen LogP contribution in [0.25, 0.3) is 0 Å². The highest BCUT2D eigenvalue weighted by atomic mass is 32.1. The number of hydrogen-bond donors (Lipinski definition) is 1. The number of nitrogens with one attached hydrogen (secondary N) is 1. The zero-order chi connectivity index (χ0) is 10.7. The van der Waals surface area contributed by atoms with Crippen molar-refractivity contribution in [2.24, 2.45) is 0 Å². The smallest absolute Gasteiger partial charge is 0.0302 e. The van der Waals surface area contributed by atoms with Gasteiger partial charge < -0.3 is 5.32 Å². The van der Waals surface area contributed by atoms with Crippen molar-refractivity contribution in [2.75, 3.05) is 0 Å². The normalized spacial score (nSPS) is 17.5. The van der Waals surface area contributed by atoms with E-state index >= 15 is 0 Å². The first-order valence-electron chi connectivity index (χ1n) is 6.13. The zero-order valence-corrected chi connectivity index (χ0v) is 10.6. The molecule has 0 bridgehead atoms. The van der Waals surface area contributed by atoms with Crippen LogP contribution >= 0.6 is 11.3 Å². The molecule has 2 rings (SSSR count). The Morgan fingerprint density at radius 3 is 2.93 bits per heavy atom. The van der Waals surface area contributed by atoms with E-state index in [-0.39, 0.29) is 0 Å². The van der Waals surface area contributed by atoms with E-state index < -0.39 is 0 Å². The highest BCUT2D eigenvalue weighted by Crippen LogP contribution is 2.29. The maximum Gasteiger partial charge on any atom is 0.0302 e.